The number of unbranched alkanes of at least 4 members (excludes halogenated alkanes) is 14. The molecule has 6 nitrogen and oxygen atoms in total. The third-order valence-electron chi connectivity index (χ3n) is 11.0. The summed E-state index contributed by atoms with van der Waals surface area (Å²) in [5.74, 6) is -0.259. The third-order valence-corrected chi connectivity index (χ3v) is 11.8. The van der Waals surface area contributed by atoms with Crippen molar-refractivity contribution in [3.8, 4) is 0 Å². The summed E-state index contributed by atoms with van der Waals surface area (Å²) in [7, 11) is -4.01. The molecule has 0 aliphatic heterocycles. The average molecular weight is 801 g/mol. The number of nitrogens with zero attached hydrogens (tertiary/aromatic N) is 3. The van der Waals surface area contributed by atoms with Crippen LogP contribution in [0.5, 0.6) is 0 Å². The van der Waals surface area contributed by atoms with E-state index in [4.69, 9.17) is 0 Å². The number of rotatable bonds is 32. The highest BCUT2D eigenvalue weighted by atomic mass is 32.2. The van der Waals surface area contributed by atoms with E-state index in [0.29, 0.717) is 13.0 Å². The molecular weight excluding hydrogens is 723 g/mol. The van der Waals surface area contributed by atoms with E-state index >= 15 is 0 Å². The quantitative estimate of drug-likeness (QED) is 0.0387. The van der Waals surface area contributed by atoms with Crippen LogP contribution in [-0.2, 0) is 16.7 Å². The molecule has 0 spiro atoms. The van der Waals surface area contributed by atoms with Gasteiger partial charge in [-0.05, 0) is 72.7 Å². The fraction of sp³-hybridized carbons (Fsp3) is 0.580. The molecule has 316 valence electrons. The van der Waals surface area contributed by atoms with E-state index in [2.05, 4.69) is 127 Å². The van der Waals surface area contributed by atoms with Crippen molar-refractivity contribution in [1.82, 2.24) is 0 Å². The molecule has 3 aromatic rings. The molecule has 3 rings (SSSR count). The summed E-state index contributed by atoms with van der Waals surface area (Å²) < 4.78 is 34.4. The van der Waals surface area contributed by atoms with Crippen molar-refractivity contribution in [2.24, 2.45) is 0 Å². The van der Waals surface area contributed by atoms with Crippen molar-refractivity contribution in [3.05, 3.63) is 89.2 Å². The molecule has 0 radical (unpaired) electrons. The molecule has 57 heavy (non-hydrogen) atoms. The van der Waals surface area contributed by atoms with Gasteiger partial charge in [0.1, 0.15) is 6.54 Å². The van der Waals surface area contributed by atoms with Crippen LogP contribution >= 0.6 is 0 Å². The summed E-state index contributed by atoms with van der Waals surface area (Å²) in [6.07, 6.45) is 34.0. The first-order valence-electron chi connectivity index (χ1n) is 22.8. The normalized spacial score (nSPS) is 11.9. The third kappa shape index (κ3) is 20.7. The number of aromatic nitrogens is 1. The van der Waals surface area contributed by atoms with Crippen molar-refractivity contribution in [2.45, 2.75) is 156 Å². The molecule has 7 heteroatoms. The molecule has 0 aliphatic rings. The second kappa shape index (κ2) is 28.9. The van der Waals surface area contributed by atoms with Gasteiger partial charge in [0.05, 0.1) is 5.75 Å². The molecule has 0 saturated heterocycles. The predicted molar refractivity (Wildman–Crippen MR) is 249 cm³/mol. The van der Waals surface area contributed by atoms with E-state index in [1.54, 1.807) is 0 Å². The number of hydrogen-bond acceptors (Lipinski definition) is 4. The maximum atomic E-state index is 11.5. The Bertz CT molecular complexity index is 1620. The van der Waals surface area contributed by atoms with Crippen LogP contribution in [-0.4, -0.2) is 44.9 Å². The van der Waals surface area contributed by atoms with Gasteiger partial charge in [0.2, 0.25) is 5.69 Å². The Labute approximate surface area is 349 Å². The second-order valence-corrected chi connectivity index (χ2v) is 17.6. The van der Waals surface area contributed by atoms with Gasteiger partial charge < -0.3 is 9.80 Å². The van der Waals surface area contributed by atoms with Gasteiger partial charge >= 0.3 is 0 Å². The SMILES string of the molecule is CCCCCCCN(CCCCCCC)c1ccc(/C=C/c2cc[n+](CCCS(=O)(=O)O)c(/C=C/c3ccc(N(CCCCCC)CCCCCC)cc3)c2)cc1. The van der Waals surface area contributed by atoms with Crippen molar-refractivity contribution in [1.29, 1.82) is 0 Å². The molecule has 1 N–H and O–H groups in total. The lowest BCUT2D eigenvalue weighted by atomic mass is 10.1. The van der Waals surface area contributed by atoms with E-state index in [1.165, 1.54) is 127 Å². The van der Waals surface area contributed by atoms with E-state index in [9.17, 15) is 13.0 Å². The van der Waals surface area contributed by atoms with Crippen LogP contribution in [0.3, 0.4) is 0 Å². The lowest BCUT2D eigenvalue weighted by molar-refractivity contribution is -0.698. The van der Waals surface area contributed by atoms with Crippen LogP contribution in [0.4, 0.5) is 11.4 Å². The molecule has 0 amide bonds. The molecular formula is C50H78N3O3S+. The number of benzene rings is 2. The molecule has 0 aliphatic carbocycles. The Kier molecular flexibility index (Phi) is 24.3. The summed E-state index contributed by atoms with van der Waals surface area (Å²) in [4.78, 5) is 5.15. The first-order valence-corrected chi connectivity index (χ1v) is 24.4. The zero-order chi connectivity index (χ0) is 41.0. The first kappa shape index (κ1) is 48.0. The molecule has 1 aromatic heterocycles. The van der Waals surface area contributed by atoms with E-state index in [0.717, 1.165) is 48.6 Å². The zero-order valence-corrected chi connectivity index (χ0v) is 37.2. The fourth-order valence-electron chi connectivity index (χ4n) is 7.41. The number of anilines is 2. The molecule has 0 fully saturated rings. The van der Waals surface area contributed by atoms with E-state index in [1.807, 2.05) is 6.20 Å². The van der Waals surface area contributed by atoms with Crippen LogP contribution < -0.4 is 14.4 Å². The smallest absolute Gasteiger partial charge is 0.265 e. The van der Waals surface area contributed by atoms with Gasteiger partial charge in [0, 0.05) is 62.2 Å². The van der Waals surface area contributed by atoms with Crippen LogP contribution in [0.15, 0.2) is 66.9 Å². The number of aryl methyl sites for hydroxylation is 1. The summed E-state index contributed by atoms with van der Waals surface area (Å²) >= 11 is 0. The minimum Gasteiger partial charge on any atom is -0.372 e. The predicted octanol–water partition coefficient (Wildman–Crippen LogP) is 13.3. The van der Waals surface area contributed by atoms with Crippen molar-refractivity contribution < 1.29 is 17.5 Å². The Morgan fingerprint density at radius 1 is 0.491 bits per heavy atom. The van der Waals surface area contributed by atoms with Gasteiger partial charge in [-0.3, -0.25) is 4.55 Å². The summed E-state index contributed by atoms with van der Waals surface area (Å²) in [5.41, 5.74) is 6.94. The highest BCUT2D eigenvalue weighted by Crippen LogP contribution is 2.22. The molecule has 0 saturated carbocycles. The summed E-state index contributed by atoms with van der Waals surface area (Å²) in [6, 6.07) is 22.2. The van der Waals surface area contributed by atoms with Gasteiger partial charge in [-0.25, -0.2) is 0 Å². The topological polar surface area (TPSA) is 64.7 Å². The monoisotopic (exact) mass is 801 g/mol. The van der Waals surface area contributed by atoms with Gasteiger partial charge in [0.15, 0.2) is 6.20 Å². The van der Waals surface area contributed by atoms with Crippen molar-refractivity contribution in [2.75, 3.05) is 41.7 Å². The Balaban J connectivity index is 1.76. The molecule has 0 atom stereocenters. The summed E-state index contributed by atoms with van der Waals surface area (Å²) in [5, 5.41) is 0. The number of hydrogen-bond donors (Lipinski definition) is 1. The second-order valence-electron chi connectivity index (χ2n) is 16.0. The highest BCUT2D eigenvalue weighted by Gasteiger charge is 2.13. The van der Waals surface area contributed by atoms with Crippen LogP contribution in [0.2, 0.25) is 0 Å². The zero-order valence-electron chi connectivity index (χ0n) is 36.4. The lowest BCUT2D eigenvalue weighted by Gasteiger charge is -2.25. The maximum absolute atomic E-state index is 11.5. The lowest BCUT2D eigenvalue weighted by Crippen LogP contribution is -2.37. The van der Waals surface area contributed by atoms with Crippen LogP contribution in [0, 0.1) is 0 Å². The summed E-state index contributed by atoms with van der Waals surface area (Å²) in [6.45, 7) is 14.0. The van der Waals surface area contributed by atoms with Gasteiger partial charge in [0.25, 0.3) is 10.1 Å². The van der Waals surface area contributed by atoms with E-state index < -0.39 is 10.1 Å². The van der Waals surface area contributed by atoms with Crippen LogP contribution in [0.25, 0.3) is 24.3 Å². The first-order chi connectivity index (χ1) is 27.8. The largest absolute Gasteiger partial charge is 0.372 e. The Hall–Kier alpha value is -3.42. The van der Waals surface area contributed by atoms with Crippen LogP contribution in [0.1, 0.15) is 172 Å². The molecule has 0 unspecified atom stereocenters. The minimum atomic E-state index is -4.01. The fourth-order valence-corrected chi connectivity index (χ4v) is 7.90. The number of pyridine rings is 1. The van der Waals surface area contributed by atoms with Gasteiger partial charge in [-0.15, -0.1) is 0 Å². The minimum absolute atomic E-state index is 0.259. The van der Waals surface area contributed by atoms with Gasteiger partial charge in [-0.1, -0.05) is 154 Å². The Morgan fingerprint density at radius 2 is 0.877 bits per heavy atom. The standard InChI is InChI=1S/C50H77N3O3S/c1-5-9-13-17-21-39-52(40-22-18-14-10-6-2)48-31-26-45(27-32-48)24-25-47-36-42-53(41-23-43-57(54,55)56)50(44-47)35-30-46-28-33-49(34-29-46)51(37-19-15-11-7-3)38-20-16-12-8-4/h24-36,42,44H,5-23,37-41,43H2,1-4H3/p+1. The van der Waals surface area contributed by atoms with E-state index in [-0.39, 0.29) is 5.75 Å². The average Bonchev–Trinajstić information content (AvgIpc) is 3.21. The maximum Gasteiger partial charge on any atom is 0.265 e. The molecule has 2 aromatic carbocycles. The van der Waals surface area contributed by atoms with Gasteiger partial charge in [-0.2, -0.15) is 13.0 Å². The van der Waals surface area contributed by atoms with Crippen molar-refractivity contribution >= 4 is 45.8 Å². The molecule has 0 bridgehead atoms. The Morgan fingerprint density at radius 3 is 1.30 bits per heavy atom. The van der Waals surface area contributed by atoms with Crippen molar-refractivity contribution in [3.63, 3.8) is 0 Å². The highest BCUT2D eigenvalue weighted by molar-refractivity contribution is 7.85. The molecule has 1 heterocycles.